The molecule has 0 amide bonds. The first-order chi connectivity index (χ1) is 6.59. The van der Waals surface area contributed by atoms with E-state index >= 15 is 0 Å². The van der Waals surface area contributed by atoms with Crippen molar-refractivity contribution < 1.29 is 19.6 Å². The van der Waals surface area contributed by atoms with E-state index in [0.717, 1.165) is 0 Å². The molecule has 1 aromatic carbocycles. The van der Waals surface area contributed by atoms with Crippen LogP contribution in [0, 0.1) is 10.1 Å². The van der Waals surface area contributed by atoms with Crippen LogP contribution in [0.15, 0.2) is 24.3 Å². The quantitative estimate of drug-likeness (QED) is 0.628. The van der Waals surface area contributed by atoms with Gasteiger partial charge in [0.25, 0.3) is 5.69 Å². The number of non-ortho nitro benzene ring substituents is 1. The van der Waals surface area contributed by atoms with Gasteiger partial charge < -0.3 is 9.84 Å². The van der Waals surface area contributed by atoms with Crippen LogP contribution >= 0.6 is 12.4 Å². The number of halogens is 1. The van der Waals surface area contributed by atoms with Crippen LogP contribution < -0.4 is 4.74 Å². The number of nitrogens with zero attached hydrogens (tertiary/aromatic N) is 1. The van der Waals surface area contributed by atoms with E-state index < -0.39 is 17.5 Å². The SMILES string of the molecule is Cl.O=C(O)COc1ccc([N+](=O)[O-])cc1. The van der Waals surface area contributed by atoms with Gasteiger partial charge in [-0.25, -0.2) is 4.79 Å². The Morgan fingerprint density at radius 3 is 2.33 bits per heavy atom. The molecule has 7 heteroatoms. The van der Waals surface area contributed by atoms with Crippen LogP contribution in [0.3, 0.4) is 0 Å². The third-order valence-corrected chi connectivity index (χ3v) is 1.41. The summed E-state index contributed by atoms with van der Waals surface area (Å²) in [5.41, 5.74) is -0.0623. The molecule has 0 aliphatic rings. The van der Waals surface area contributed by atoms with Crippen molar-refractivity contribution in [3.8, 4) is 5.75 Å². The molecular formula is C8H8ClNO5. The monoisotopic (exact) mass is 233 g/mol. The standard InChI is InChI=1S/C8H7NO5.ClH/c10-8(11)5-14-7-3-1-6(2-4-7)9(12)13;/h1-4H,5H2,(H,10,11);1H. The number of nitro groups is 1. The van der Waals surface area contributed by atoms with Crippen molar-refractivity contribution in [2.24, 2.45) is 0 Å². The molecule has 0 aliphatic carbocycles. The summed E-state index contributed by atoms with van der Waals surface area (Å²) in [5.74, 6) is -0.804. The third kappa shape index (κ3) is 4.28. The van der Waals surface area contributed by atoms with E-state index in [1.54, 1.807) is 0 Å². The van der Waals surface area contributed by atoms with Gasteiger partial charge in [0.05, 0.1) is 4.92 Å². The molecule has 1 rings (SSSR count). The molecule has 0 fully saturated rings. The summed E-state index contributed by atoms with van der Waals surface area (Å²) >= 11 is 0. The summed E-state index contributed by atoms with van der Waals surface area (Å²) in [6.07, 6.45) is 0. The molecule has 0 aromatic heterocycles. The summed E-state index contributed by atoms with van der Waals surface area (Å²) in [7, 11) is 0. The number of rotatable bonds is 4. The topological polar surface area (TPSA) is 89.7 Å². The molecule has 6 nitrogen and oxygen atoms in total. The summed E-state index contributed by atoms with van der Waals surface area (Å²) in [4.78, 5) is 19.8. The number of nitro benzene ring substituents is 1. The van der Waals surface area contributed by atoms with Crippen molar-refractivity contribution in [3.63, 3.8) is 0 Å². The van der Waals surface area contributed by atoms with Crippen LogP contribution in [-0.4, -0.2) is 22.6 Å². The largest absolute Gasteiger partial charge is 0.482 e. The van der Waals surface area contributed by atoms with Gasteiger partial charge in [-0.15, -0.1) is 12.4 Å². The average Bonchev–Trinajstić information content (AvgIpc) is 2.15. The van der Waals surface area contributed by atoms with Gasteiger partial charge in [0.15, 0.2) is 6.61 Å². The molecule has 0 aliphatic heterocycles. The average molecular weight is 234 g/mol. The smallest absolute Gasteiger partial charge is 0.341 e. The predicted octanol–water partition coefficient (Wildman–Crippen LogP) is 1.48. The highest BCUT2D eigenvalue weighted by Gasteiger charge is 2.05. The summed E-state index contributed by atoms with van der Waals surface area (Å²) in [5, 5.41) is 18.5. The van der Waals surface area contributed by atoms with Crippen LogP contribution in [0.25, 0.3) is 0 Å². The third-order valence-electron chi connectivity index (χ3n) is 1.41. The van der Waals surface area contributed by atoms with E-state index in [1.807, 2.05) is 0 Å². The number of ether oxygens (including phenoxy) is 1. The molecule has 0 spiro atoms. The maximum atomic E-state index is 10.2. The van der Waals surface area contributed by atoms with E-state index in [0.29, 0.717) is 0 Å². The lowest BCUT2D eigenvalue weighted by atomic mass is 10.3. The molecule has 0 radical (unpaired) electrons. The Balaban J connectivity index is 0.00000196. The number of carboxylic acids is 1. The molecule has 0 unspecified atom stereocenters. The van der Waals surface area contributed by atoms with Gasteiger partial charge >= 0.3 is 5.97 Å². The van der Waals surface area contributed by atoms with E-state index in [9.17, 15) is 14.9 Å². The minimum atomic E-state index is -1.09. The molecular weight excluding hydrogens is 226 g/mol. The fraction of sp³-hybridized carbons (Fsp3) is 0.125. The highest BCUT2D eigenvalue weighted by Crippen LogP contribution is 2.16. The molecule has 0 bridgehead atoms. The lowest BCUT2D eigenvalue weighted by Gasteiger charge is -2.01. The Hall–Kier alpha value is -1.82. The Bertz CT molecular complexity index is 351. The minimum absolute atomic E-state index is 0. The first kappa shape index (κ1) is 13.2. The number of carbonyl (C=O) groups is 1. The number of carboxylic acid groups (broad SMARTS) is 1. The van der Waals surface area contributed by atoms with Crippen molar-refractivity contribution in [2.45, 2.75) is 0 Å². The summed E-state index contributed by atoms with van der Waals surface area (Å²) in [6, 6.07) is 5.19. The number of aliphatic carboxylic acids is 1. The Morgan fingerprint density at radius 1 is 1.40 bits per heavy atom. The Morgan fingerprint density at radius 2 is 1.93 bits per heavy atom. The second-order valence-electron chi connectivity index (χ2n) is 2.43. The van der Waals surface area contributed by atoms with Gasteiger partial charge in [-0.3, -0.25) is 10.1 Å². The van der Waals surface area contributed by atoms with Gasteiger partial charge in [0.1, 0.15) is 5.75 Å². The maximum absolute atomic E-state index is 10.2. The van der Waals surface area contributed by atoms with Gasteiger partial charge in [-0.05, 0) is 12.1 Å². The van der Waals surface area contributed by atoms with Gasteiger partial charge in [-0.2, -0.15) is 0 Å². The molecule has 0 saturated heterocycles. The second kappa shape index (κ2) is 5.82. The van der Waals surface area contributed by atoms with Crippen LogP contribution in [0.5, 0.6) is 5.75 Å². The van der Waals surface area contributed by atoms with Crippen molar-refractivity contribution in [1.82, 2.24) is 0 Å². The summed E-state index contributed by atoms with van der Waals surface area (Å²) in [6.45, 7) is -0.461. The van der Waals surface area contributed by atoms with Gasteiger partial charge in [-0.1, -0.05) is 0 Å². The second-order valence-corrected chi connectivity index (χ2v) is 2.43. The molecule has 0 saturated carbocycles. The molecule has 1 N–H and O–H groups in total. The number of hydrogen-bond donors (Lipinski definition) is 1. The van der Waals surface area contributed by atoms with Crippen LogP contribution in [0.2, 0.25) is 0 Å². The minimum Gasteiger partial charge on any atom is -0.482 e. The van der Waals surface area contributed by atoms with E-state index in [4.69, 9.17) is 9.84 Å². The molecule has 1 aromatic rings. The highest BCUT2D eigenvalue weighted by molar-refractivity contribution is 5.85. The van der Waals surface area contributed by atoms with Crippen LogP contribution in [0.1, 0.15) is 0 Å². The van der Waals surface area contributed by atoms with E-state index in [2.05, 4.69) is 0 Å². The van der Waals surface area contributed by atoms with Crippen LogP contribution in [0.4, 0.5) is 5.69 Å². The van der Waals surface area contributed by atoms with Crippen LogP contribution in [-0.2, 0) is 4.79 Å². The van der Waals surface area contributed by atoms with Crippen molar-refractivity contribution in [1.29, 1.82) is 0 Å². The molecule has 0 heterocycles. The van der Waals surface area contributed by atoms with Crippen molar-refractivity contribution >= 4 is 24.1 Å². The maximum Gasteiger partial charge on any atom is 0.341 e. The first-order valence-electron chi connectivity index (χ1n) is 3.68. The zero-order chi connectivity index (χ0) is 10.6. The lowest BCUT2D eigenvalue weighted by Crippen LogP contribution is -2.09. The van der Waals surface area contributed by atoms with Crippen molar-refractivity contribution in [2.75, 3.05) is 6.61 Å². The predicted molar refractivity (Wildman–Crippen MR) is 53.5 cm³/mol. The molecule has 15 heavy (non-hydrogen) atoms. The van der Waals surface area contributed by atoms with Crippen molar-refractivity contribution in [3.05, 3.63) is 34.4 Å². The zero-order valence-electron chi connectivity index (χ0n) is 7.45. The Kier molecular flexibility index (Phi) is 5.11. The van der Waals surface area contributed by atoms with E-state index in [-0.39, 0.29) is 23.8 Å². The van der Waals surface area contributed by atoms with E-state index in [1.165, 1.54) is 24.3 Å². The normalized spacial score (nSPS) is 8.80. The summed E-state index contributed by atoms with van der Waals surface area (Å²) < 4.78 is 4.78. The van der Waals surface area contributed by atoms with Gasteiger partial charge in [0.2, 0.25) is 0 Å². The first-order valence-corrected chi connectivity index (χ1v) is 3.68. The number of hydrogen-bond acceptors (Lipinski definition) is 4. The molecule has 0 atom stereocenters. The Labute approximate surface area is 91.0 Å². The molecule has 82 valence electrons. The fourth-order valence-corrected chi connectivity index (χ4v) is 0.809. The highest BCUT2D eigenvalue weighted by atomic mass is 35.5. The van der Waals surface area contributed by atoms with Gasteiger partial charge in [0, 0.05) is 12.1 Å². The zero-order valence-corrected chi connectivity index (χ0v) is 8.27. The number of benzene rings is 1. The fourth-order valence-electron chi connectivity index (χ4n) is 0.809. The lowest BCUT2D eigenvalue weighted by molar-refractivity contribution is -0.384.